The molecule has 2 aromatic heterocycles. The van der Waals surface area contributed by atoms with E-state index in [9.17, 15) is 4.79 Å². The van der Waals surface area contributed by atoms with Crippen molar-refractivity contribution in [3.8, 4) is 5.00 Å². The maximum atomic E-state index is 13.5. The third kappa shape index (κ3) is 3.35. The van der Waals surface area contributed by atoms with Gasteiger partial charge >= 0.3 is 6.03 Å². The molecule has 4 nitrogen and oxygen atoms in total. The second-order valence-electron chi connectivity index (χ2n) is 8.76. The quantitative estimate of drug-likeness (QED) is 0.569. The number of rotatable bonds is 3. The lowest BCUT2D eigenvalue weighted by molar-refractivity contribution is 0.149. The molecule has 1 atom stereocenters. The second kappa shape index (κ2) is 7.95. The monoisotopic (exact) mass is 419 g/mol. The van der Waals surface area contributed by atoms with Crippen LogP contribution in [0.15, 0.2) is 48.7 Å². The molecule has 1 aliphatic carbocycles. The van der Waals surface area contributed by atoms with Gasteiger partial charge in [-0.3, -0.25) is 0 Å². The summed E-state index contributed by atoms with van der Waals surface area (Å²) >= 11 is 1.94. The Morgan fingerprint density at radius 3 is 2.70 bits per heavy atom. The van der Waals surface area contributed by atoms with Gasteiger partial charge in [0, 0.05) is 28.9 Å². The van der Waals surface area contributed by atoms with Crippen LogP contribution in [0.25, 0.3) is 5.00 Å². The lowest BCUT2D eigenvalue weighted by Gasteiger charge is -2.33. The molecular formula is C25H29N3OS. The molecule has 3 heterocycles. The first kappa shape index (κ1) is 19.4. The number of aryl methyl sites for hydroxylation is 1. The number of aromatic nitrogens is 1. The number of hydrogen-bond acceptors (Lipinski definition) is 2. The number of hydrogen-bond donors (Lipinski definition) is 1. The predicted octanol–water partition coefficient (Wildman–Crippen LogP) is 5.84. The van der Waals surface area contributed by atoms with E-state index in [1.807, 2.05) is 29.5 Å². The molecule has 5 heteroatoms. The van der Waals surface area contributed by atoms with Crippen molar-refractivity contribution in [1.82, 2.24) is 14.8 Å². The van der Waals surface area contributed by atoms with E-state index in [-0.39, 0.29) is 12.1 Å². The molecular weight excluding hydrogens is 390 g/mol. The van der Waals surface area contributed by atoms with Crippen LogP contribution in [-0.2, 0) is 25.9 Å². The normalized spacial score (nSPS) is 17.8. The van der Waals surface area contributed by atoms with Crippen LogP contribution in [0.5, 0.6) is 0 Å². The van der Waals surface area contributed by atoms with E-state index in [2.05, 4.69) is 59.1 Å². The minimum absolute atomic E-state index is 0.0221. The number of nitrogens with zero attached hydrogens (tertiary/aromatic N) is 2. The summed E-state index contributed by atoms with van der Waals surface area (Å²) in [6.45, 7) is 5.67. The molecule has 0 saturated heterocycles. The number of benzene rings is 1. The van der Waals surface area contributed by atoms with E-state index in [1.165, 1.54) is 46.0 Å². The van der Waals surface area contributed by atoms with Crippen LogP contribution in [0.3, 0.4) is 0 Å². The molecule has 2 aliphatic rings. The Morgan fingerprint density at radius 1 is 1.10 bits per heavy atom. The zero-order chi connectivity index (χ0) is 20.7. The molecule has 3 aromatic rings. The van der Waals surface area contributed by atoms with E-state index in [4.69, 9.17) is 0 Å². The molecule has 0 saturated carbocycles. The van der Waals surface area contributed by atoms with Gasteiger partial charge in [-0.1, -0.05) is 44.2 Å². The molecule has 0 radical (unpaired) electrons. The Labute approximate surface area is 182 Å². The Kier molecular flexibility index (Phi) is 5.15. The fourth-order valence-corrected chi connectivity index (χ4v) is 6.40. The van der Waals surface area contributed by atoms with Gasteiger partial charge in [-0.2, -0.15) is 0 Å². The summed E-state index contributed by atoms with van der Waals surface area (Å²) in [6.07, 6.45) is 7.03. The average molecular weight is 420 g/mol. The molecule has 1 unspecified atom stereocenters. The number of nitrogens with one attached hydrogen (secondary N) is 1. The molecule has 1 N–H and O–H groups in total. The van der Waals surface area contributed by atoms with Gasteiger partial charge in [-0.25, -0.2) is 4.79 Å². The van der Waals surface area contributed by atoms with E-state index >= 15 is 0 Å². The SMILES string of the molecule is CC(C)C1c2cccn2-c2sc3c(c2CN1C(=O)NCc1ccccc1)CCCC3. The number of fused-ring (bicyclic) bond motifs is 5. The summed E-state index contributed by atoms with van der Waals surface area (Å²) in [4.78, 5) is 17.1. The topological polar surface area (TPSA) is 37.3 Å². The lowest BCUT2D eigenvalue weighted by Crippen LogP contribution is -2.43. The minimum Gasteiger partial charge on any atom is -0.334 e. The van der Waals surface area contributed by atoms with Crippen molar-refractivity contribution < 1.29 is 4.79 Å². The van der Waals surface area contributed by atoms with Gasteiger partial charge < -0.3 is 14.8 Å². The maximum Gasteiger partial charge on any atom is 0.318 e. The first-order chi connectivity index (χ1) is 14.6. The van der Waals surface area contributed by atoms with Crippen LogP contribution in [0, 0.1) is 5.92 Å². The van der Waals surface area contributed by atoms with Crippen LogP contribution >= 0.6 is 11.3 Å². The van der Waals surface area contributed by atoms with Gasteiger partial charge in [0.25, 0.3) is 0 Å². The van der Waals surface area contributed by atoms with Gasteiger partial charge in [0.2, 0.25) is 0 Å². The average Bonchev–Trinajstić information content (AvgIpc) is 3.34. The standard InChI is InChI=1S/C25H29N3OS/c1-17(2)23-21-12-8-14-27(21)24-20(19-11-6-7-13-22(19)30-24)16-28(23)25(29)26-15-18-9-4-3-5-10-18/h3-5,8-10,12,14,17,23H,6-7,11,13,15-16H2,1-2H3,(H,26,29). The molecule has 156 valence electrons. The van der Waals surface area contributed by atoms with Gasteiger partial charge in [0.15, 0.2) is 0 Å². The number of thiophene rings is 1. The highest BCUT2D eigenvalue weighted by Gasteiger charge is 2.36. The zero-order valence-electron chi connectivity index (χ0n) is 17.7. The van der Waals surface area contributed by atoms with Crippen molar-refractivity contribution in [2.75, 3.05) is 0 Å². The third-order valence-corrected chi connectivity index (χ3v) is 7.74. The summed E-state index contributed by atoms with van der Waals surface area (Å²) in [5.74, 6) is 0.325. The summed E-state index contributed by atoms with van der Waals surface area (Å²) in [5, 5.41) is 4.51. The number of carbonyl (C=O) groups excluding carboxylic acids is 1. The summed E-state index contributed by atoms with van der Waals surface area (Å²) in [6, 6.07) is 14.5. The van der Waals surface area contributed by atoms with Crippen molar-refractivity contribution in [2.45, 2.75) is 58.7 Å². The molecule has 1 aromatic carbocycles. The second-order valence-corrected chi connectivity index (χ2v) is 9.84. The fourth-order valence-electron chi connectivity index (χ4n) is 5.00. The molecule has 5 rings (SSSR count). The number of amides is 2. The molecule has 0 fully saturated rings. The summed E-state index contributed by atoms with van der Waals surface area (Å²) in [5.41, 5.74) is 5.22. The van der Waals surface area contributed by atoms with E-state index < -0.39 is 0 Å². The predicted molar refractivity (Wildman–Crippen MR) is 122 cm³/mol. The largest absolute Gasteiger partial charge is 0.334 e. The Morgan fingerprint density at radius 2 is 1.90 bits per heavy atom. The van der Waals surface area contributed by atoms with Crippen molar-refractivity contribution >= 4 is 17.4 Å². The molecule has 0 spiro atoms. The molecule has 2 amide bonds. The van der Waals surface area contributed by atoms with E-state index in [0.29, 0.717) is 19.0 Å². The van der Waals surface area contributed by atoms with Crippen LogP contribution in [-0.4, -0.2) is 15.5 Å². The molecule has 1 aliphatic heterocycles. The van der Waals surface area contributed by atoms with Crippen molar-refractivity contribution in [1.29, 1.82) is 0 Å². The first-order valence-corrected chi connectivity index (χ1v) is 11.8. The van der Waals surface area contributed by atoms with Gasteiger partial charge in [-0.05, 0) is 54.9 Å². The van der Waals surface area contributed by atoms with E-state index in [1.54, 1.807) is 0 Å². The van der Waals surface area contributed by atoms with Gasteiger partial charge in [0.1, 0.15) is 5.00 Å². The van der Waals surface area contributed by atoms with Gasteiger partial charge in [0.05, 0.1) is 12.6 Å². The van der Waals surface area contributed by atoms with Crippen molar-refractivity contribution in [2.24, 2.45) is 5.92 Å². The maximum absolute atomic E-state index is 13.5. The Hall–Kier alpha value is -2.53. The van der Waals surface area contributed by atoms with Crippen molar-refractivity contribution in [3.63, 3.8) is 0 Å². The third-order valence-electron chi connectivity index (χ3n) is 6.40. The fraction of sp³-hybridized carbons (Fsp3) is 0.400. The minimum atomic E-state index is 0.0221. The first-order valence-electron chi connectivity index (χ1n) is 11.0. The molecule has 0 bridgehead atoms. The zero-order valence-corrected chi connectivity index (χ0v) is 18.5. The highest BCUT2D eigenvalue weighted by molar-refractivity contribution is 7.15. The van der Waals surface area contributed by atoms with Gasteiger partial charge in [-0.15, -0.1) is 11.3 Å². The van der Waals surface area contributed by atoms with Crippen LogP contribution in [0.4, 0.5) is 4.79 Å². The van der Waals surface area contributed by atoms with Crippen LogP contribution in [0.2, 0.25) is 0 Å². The highest BCUT2D eigenvalue weighted by Crippen LogP contribution is 2.43. The van der Waals surface area contributed by atoms with Crippen molar-refractivity contribution in [3.05, 3.63) is 75.9 Å². The highest BCUT2D eigenvalue weighted by atomic mass is 32.1. The number of urea groups is 1. The number of carbonyl (C=O) groups is 1. The summed E-state index contributed by atoms with van der Waals surface area (Å²) < 4.78 is 2.35. The lowest BCUT2D eigenvalue weighted by atomic mass is 9.94. The molecule has 30 heavy (non-hydrogen) atoms. The van der Waals surface area contributed by atoms with Crippen LogP contribution in [0.1, 0.15) is 60.0 Å². The smallest absolute Gasteiger partial charge is 0.318 e. The summed E-state index contributed by atoms with van der Waals surface area (Å²) in [7, 11) is 0. The van der Waals surface area contributed by atoms with Crippen LogP contribution < -0.4 is 5.32 Å². The Balaban J connectivity index is 1.53. The van der Waals surface area contributed by atoms with E-state index in [0.717, 1.165) is 12.0 Å². The Bertz CT molecular complexity index is 1050.